The van der Waals surface area contributed by atoms with Gasteiger partial charge in [-0.15, -0.1) is 0 Å². The molecular weight excluding hydrogens is 430 g/mol. The molecule has 6 heteroatoms. The van der Waals surface area contributed by atoms with Crippen LogP contribution in [0.1, 0.15) is 32.8 Å². The third kappa shape index (κ3) is 3.25. The Balaban J connectivity index is 1.89. The lowest BCUT2D eigenvalue weighted by Crippen LogP contribution is -2.46. The number of hydrogen-bond donors (Lipinski definition) is 1. The van der Waals surface area contributed by atoms with Gasteiger partial charge in [-0.3, -0.25) is 10.3 Å². The van der Waals surface area contributed by atoms with Crippen LogP contribution in [0.25, 0.3) is 10.9 Å². The van der Waals surface area contributed by atoms with E-state index in [1.807, 2.05) is 63.4 Å². The van der Waals surface area contributed by atoms with Gasteiger partial charge < -0.3 is 9.30 Å². The average Bonchev–Trinajstić information content (AvgIpc) is 3.23. The summed E-state index contributed by atoms with van der Waals surface area (Å²) < 4.78 is 8.61. The van der Waals surface area contributed by atoms with Crippen LogP contribution in [0.5, 0.6) is 0 Å². The number of carbonyl (C=O) groups is 1. The standard InChI is InChI=1S/C23H24BrN3O2/c1-22(2,3)29-21(28)26-15-13-23(20(26)25,17-9-5-6-10-18(17)24)27-14-12-16-8-4-7-11-19(16)27/h4-12,14,25H,13,15H2,1-3H3. The van der Waals surface area contributed by atoms with Crippen molar-refractivity contribution >= 4 is 38.8 Å². The second kappa shape index (κ2) is 7.02. The number of hydrogen-bond acceptors (Lipinski definition) is 3. The van der Waals surface area contributed by atoms with E-state index in [0.717, 1.165) is 20.9 Å². The Morgan fingerprint density at radius 1 is 1.10 bits per heavy atom. The maximum atomic E-state index is 12.9. The van der Waals surface area contributed by atoms with Gasteiger partial charge in [0.05, 0.1) is 0 Å². The number of nitrogens with zero attached hydrogens (tertiary/aromatic N) is 2. The van der Waals surface area contributed by atoms with Crippen LogP contribution in [-0.2, 0) is 10.3 Å². The number of amidine groups is 1. The van der Waals surface area contributed by atoms with Crippen molar-refractivity contribution in [1.82, 2.24) is 9.47 Å². The first-order chi connectivity index (χ1) is 13.7. The summed E-state index contributed by atoms with van der Waals surface area (Å²) in [5.41, 5.74) is 0.562. The normalized spacial score (nSPS) is 19.7. The van der Waals surface area contributed by atoms with Crippen LogP contribution in [-0.4, -0.2) is 33.5 Å². The Morgan fingerprint density at radius 3 is 2.52 bits per heavy atom. The smallest absolute Gasteiger partial charge is 0.415 e. The highest BCUT2D eigenvalue weighted by Crippen LogP contribution is 2.43. The lowest BCUT2D eigenvalue weighted by atomic mass is 9.87. The van der Waals surface area contributed by atoms with E-state index in [4.69, 9.17) is 10.1 Å². The minimum atomic E-state index is -0.805. The van der Waals surface area contributed by atoms with Crippen molar-refractivity contribution in [2.75, 3.05) is 6.54 Å². The maximum Gasteiger partial charge on any atom is 0.415 e. The third-order valence-electron chi connectivity index (χ3n) is 5.30. The molecule has 0 saturated carbocycles. The van der Waals surface area contributed by atoms with Crippen LogP contribution in [0.15, 0.2) is 65.3 Å². The summed E-state index contributed by atoms with van der Waals surface area (Å²) in [4.78, 5) is 14.3. The predicted octanol–water partition coefficient (Wildman–Crippen LogP) is 5.77. The molecule has 1 amide bonds. The zero-order chi connectivity index (χ0) is 20.8. The van der Waals surface area contributed by atoms with Crippen LogP contribution in [0.4, 0.5) is 4.79 Å². The Kier molecular flexibility index (Phi) is 4.77. The molecule has 0 radical (unpaired) electrons. The molecule has 1 atom stereocenters. The van der Waals surface area contributed by atoms with Crippen molar-refractivity contribution in [3.63, 3.8) is 0 Å². The SMILES string of the molecule is CC(C)(C)OC(=O)N1CCC(c2ccccc2Br)(n2ccc3ccccc32)C1=N. The molecule has 1 aliphatic rings. The number of halogens is 1. The molecule has 1 N–H and O–H groups in total. The van der Waals surface area contributed by atoms with E-state index < -0.39 is 17.2 Å². The van der Waals surface area contributed by atoms with E-state index >= 15 is 0 Å². The van der Waals surface area contributed by atoms with Crippen LogP contribution in [0, 0.1) is 5.41 Å². The van der Waals surface area contributed by atoms with Gasteiger partial charge in [-0.1, -0.05) is 52.3 Å². The highest BCUT2D eigenvalue weighted by Gasteiger charge is 2.50. The lowest BCUT2D eigenvalue weighted by Gasteiger charge is -2.34. The monoisotopic (exact) mass is 453 g/mol. The number of para-hydroxylation sites is 1. The fraction of sp³-hybridized carbons (Fsp3) is 0.304. The number of amides is 1. The van der Waals surface area contributed by atoms with Crippen LogP contribution in [0.2, 0.25) is 0 Å². The van der Waals surface area contributed by atoms with Gasteiger partial charge in [-0.2, -0.15) is 0 Å². The third-order valence-corrected chi connectivity index (χ3v) is 5.99. The zero-order valence-corrected chi connectivity index (χ0v) is 18.4. The summed E-state index contributed by atoms with van der Waals surface area (Å²) in [5, 5.41) is 10.2. The van der Waals surface area contributed by atoms with Crippen molar-refractivity contribution in [3.05, 3.63) is 70.8 Å². The second-order valence-electron chi connectivity index (χ2n) is 8.32. The molecule has 3 aromatic rings. The molecule has 1 saturated heterocycles. The van der Waals surface area contributed by atoms with Gasteiger partial charge in [0.15, 0.2) is 0 Å². The maximum absolute atomic E-state index is 12.9. The largest absolute Gasteiger partial charge is 0.443 e. The van der Waals surface area contributed by atoms with Crippen molar-refractivity contribution < 1.29 is 9.53 Å². The Labute approximate surface area is 178 Å². The number of fused-ring (bicyclic) bond motifs is 1. The molecule has 0 aliphatic carbocycles. The van der Waals surface area contributed by atoms with Gasteiger partial charge in [0.25, 0.3) is 0 Å². The molecule has 4 rings (SSSR count). The zero-order valence-electron chi connectivity index (χ0n) is 16.8. The van der Waals surface area contributed by atoms with Crippen LogP contribution >= 0.6 is 15.9 Å². The Morgan fingerprint density at radius 2 is 1.79 bits per heavy atom. The molecule has 2 heterocycles. The van der Waals surface area contributed by atoms with E-state index in [1.165, 1.54) is 4.90 Å². The number of rotatable bonds is 2. The molecule has 1 aromatic heterocycles. The van der Waals surface area contributed by atoms with Gasteiger partial charge in [0, 0.05) is 29.2 Å². The van der Waals surface area contributed by atoms with Crippen LogP contribution in [0.3, 0.4) is 0 Å². The fourth-order valence-electron chi connectivity index (χ4n) is 4.07. The molecule has 5 nitrogen and oxygen atoms in total. The minimum absolute atomic E-state index is 0.222. The summed E-state index contributed by atoms with van der Waals surface area (Å²) in [5.74, 6) is 0.222. The fourth-order valence-corrected chi connectivity index (χ4v) is 4.68. The number of carbonyl (C=O) groups excluding carboxylic acids is 1. The van der Waals surface area contributed by atoms with Crippen molar-refractivity contribution in [1.29, 1.82) is 5.41 Å². The Bertz CT molecular complexity index is 1100. The first-order valence-corrected chi connectivity index (χ1v) is 10.4. The summed E-state index contributed by atoms with van der Waals surface area (Å²) in [6, 6.07) is 18.1. The van der Waals surface area contributed by atoms with E-state index in [-0.39, 0.29) is 5.84 Å². The van der Waals surface area contributed by atoms with Gasteiger partial charge in [0.2, 0.25) is 0 Å². The molecular formula is C23H24BrN3O2. The molecule has 29 heavy (non-hydrogen) atoms. The Hall–Kier alpha value is -2.60. The number of nitrogens with one attached hydrogen (secondary N) is 1. The summed E-state index contributed by atoms with van der Waals surface area (Å²) in [6.07, 6.45) is 2.12. The van der Waals surface area contributed by atoms with E-state index in [0.29, 0.717) is 13.0 Å². The topological polar surface area (TPSA) is 58.3 Å². The molecule has 0 spiro atoms. The van der Waals surface area contributed by atoms with Gasteiger partial charge in [0.1, 0.15) is 17.0 Å². The molecule has 0 bridgehead atoms. The molecule has 150 valence electrons. The predicted molar refractivity (Wildman–Crippen MR) is 118 cm³/mol. The number of likely N-dealkylation sites (tertiary alicyclic amines) is 1. The average molecular weight is 454 g/mol. The molecule has 1 unspecified atom stereocenters. The number of ether oxygens (including phenoxy) is 1. The lowest BCUT2D eigenvalue weighted by molar-refractivity contribution is 0.0382. The van der Waals surface area contributed by atoms with E-state index in [9.17, 15) is 4.79 Å². The van der Waals surface area contributed by atoms with Crippen LogP contribution < -0.4 is 0 Å². The summed E-state index contributed by atoms with van der Waals surface area (Å²) in [7, 11) is 0. The molecule has 1 aliphatic heterocycles. The van der Waals surface area contributed by atoms with Gasteiger partial charge in [-0.25, -0.2) is 4.79 Å². The first-order valence-electron chi connectivity index (χ1n) is 9.65. The van der Waals surface area contributed by atoms with Gasteiger partial charge >= 0.3 is 6.09 Å². The van der Waals surface area contributed by atoms with E-state index in [2.05, 4.69) is 38.7 Å². The highest BCUT2D eigenvalue weighted by molar-refractivity contribution is 9.10. The van der Waals surface area contributed by atoms with Crippen molar-refractivity contribution in [2.24, 2.45) is 0 Å². The molecule has 1 fully saturated rings. The highest BCUT2D eigenvalue weighted by atomic mass is 79.9. The summed E-state index contributed by atoms with van der Waals surface area (Å²) in [6.45, 7) is 5.93. The first kappa shape index (κ1) is 19.7. The van der Waals surface area contributed by atoms with Crippen molar-refractivity contribution in [2.45, 2.75) is 38.3 Å². The minimum Gasteiger partial charge on any atom is -0.443 e. The number of benzene rings is 2. The summed E-state index contributed by atoms with van der Waals surface area (Å²) >= 11 is 3.68. The quantitative estimate of drug-likeness (QED) is 0.535. The molecule has 2 aromatic carbocycles. The van der Waals surface area contributed by atoms with Crippen molar-refractivity contribution in [3.8, 4) is 0 Å². The van der Waals surface area contributed by atoms with Gasteiger partial charge in [-0.05, 0) is 49.9 Å². The number of aromatic nitrogens is 1. The second-order valence-corrected chi connectivity index (χ2v) is 9.17. The van der Waals surface area contributed by atoms with E-state index in [1.54, 1.807) is 0 Å².